The summed E-state index contributed by atoms with van der Waals surface area (Å²) in [6, 6.07) is 6.75. The first-order chi connectivity index (χ1) is 9.61. The number of cyclic esters (lactones) is 1. The second-order valence-electron chi connectivity index (χ2n) is 4.19. The highest BCUT2D eigenvalue weighted by atomic mass is 32.2. The zero-order valence-electron chi connectivity index (χ0n) is 10.4. The lowest BCUT2D eigenvalue weighted by molar-refractivity contribution is 0.0449. The van der Waals surface area contributed by atoms with Gasteiger partial charge in [-0.2, -0.15) is 4.98 Å². The Labute approximate surface area is 117 Å². The van der Waals surface area contributed by atoms with Gasteiger partial charge in [0.25, 0.3) is 5.56 Å². The fourth-order valence-corrected chi connectivity index (χ4v) is 2.52. The summed E-state index contributed by atoms with van der Waals surface area (Å²) in [6.45, 7) is 0. The van der Waals surface area contributed by atoms with Gasteiger partial charge in [-0.05, 0) is 12.3 Å². The molecule has 1 atom stereocenters. The van der Waals surface area contributed by atoms with Crippen LogP contribution in [-0.2, 0) is 4.74 Å². The van der Waals surface area contributed by atoms with Crippen molar-refractivity contribution in [2.24, 2.45) is 0 Å². The molecule has 0 aliphatic carbocycles. The third-order valence-corrected chi connectivity index (χ3v) is 3.64. The average molecular weight is 290 g/mol. The molecule has 0 radical (unpaired) electrons. The van der Waals surface area contributed by atoms with Crippen LogP contribution in [0.5, 0.6) is 5.88 Å². The maximum absolute atomic E-state index is 12.1. The van der Waals surface area contributed by atoms with Crippen molar-refractivity contribution in [3.05, 3.63) is 51.3 Å². The molecule has 2 aromatic rings. The summed E-state index contributed by atoms with van der Waals surface area (Å²) in [5.74, 6) is -0.939. The lowest BCUT2D eigenvalue weighted by atomic mass is 10.0. The van der Waals surface area contributed by atoms with E-state index in [0.717, 1.165) is 0 Å². The largest absolute Gasteiger partial charge is 0.493 e. The number of H-pyrrole nitrogens is 1. The molecule has 20 heavy (non-hydrogen) atoms. The monoisotopic (exact) mass is 290 g/mol. The Balaban J connectivity index is 2.17. The summed E-state index contributed by atoms with van der Waals surface area (Å²) >= 11 is 1.20. The third-order valence-electron chi connectivity index (χ3n) is 3.06. The molecule has 0 bridgehead atoms. The molecule has 0 fully saturated rings. The van der Waals surface area contributed by atoms with Gasteiger partial charge in [-0.1, -0.05) is 30.0 Å². The van der Waals surface area contributed by atoms with E-state index in [0.29, 0.717) is 16.3 Å². The minimum absolute atomic E-state index is 0.0545. The predicted molar refractivity (Wildman–Crippen MR) is 72.0 cm³/mol. The van der Waals surface area contributed by atoms with Crippen LogP contribution in [0.2, 0.25) is 0 Å². The molecule has 1 aliphatic heterocycles. The minimum atomic E-state index is -0.925. The Hall–Kier alpha value is -2.28. The number of ether oxygens (including phenoxy) is 1. The van der Waals surface area contributed by atoms with E-state index in [2.05, 4.69) is 9.97 Å². The second kappa shape index (κ2) is 4.68. The number of carbonyl (C=O) groups is 1. The Kier molecular flexibility index (Phi) is 2.98. The fraction of sp³-hybridized carbons (Fsp3) is 0.154. The minimum Gasteiger partial charge on any atom is -0.493 e. The van der Waals surface area contributed by atoms with Crippen LogP contribution in [0, 0.1) is 0 Å². The molecule has 7 heteroatoms. The number of nitrogens with one attached hydrogen (secondary N) is 1. The number of hydrogen-bond acceptors (Lipinski definition) is 6. The Morgan fingerprint density at radius 3 is 2.80 bits per heavy atom. The third kappa shape index (κ3) is 1.87. The highest BCUT2D eigenvalue weighted by Gasteiger charge is 2.35. The highest BCUT2D eigenvalue weighted by Crippen LogP contribution is 2.36. The van der Waals surface area contributed by atoms with Crippen molar-refractivity contribution in [3.63, 3.8) is 0 Å². The molecule has 2 N–H and O–H groups in total. The number of aromatic hydroxyl groups is 1. The topological polar surface area (TPSA) is 92.3 Å². The first-order valence-electron chi connectivity index (χ1n) is 5.79. The average Bonchev–Trinajstić information content (AvgIpc) is 2.76. The molecule has 3 rings (SSSR count). The lowest BCUT2D eigenvalue weighted by Gasteiger charge is -2.11. The molecule has 0 saturated heterocycles. The van der Waals surface area contributed by atoms with E-state index in [4.69, 9.17) is 4.74 Å². The Bertz CT molecular complexity index is 756. The molecule has 1 aromatic heterocycles. The summed E-state index contributed by atoms with van der Waals surface area (Å²) < 4.78 is 5.19. The Morgan fingerprint density at radius 2 is 2.10 bits per heavy atom. The normalized spacial score (nSPS) is 16.9. The van der Waals surface area contributed by atoms with E-state index in [1.807, 2.05) is 0 Å². The van der Waals surface area contributed by atoms with Crippen molar-refractivity contribution >= 4 is 17.7 Å². The maximum Gasteiger partial charge on any atom is 0.339 e. The van der Waals surface area contributed by atoms with Crippen LogP contribution in [-0.4, -0.2) is 27.3 Å². The standard InChI is InChI=1S/C13H10N2O4S/c1-20-13-14-10(16)8(11(17)15-13)9-6-4-2-3-5-7(6)12(18)19-9/h2-5,9H,1H3,(H2,14,15,16,17)/t9-/m0/s1. The number of aromatic amines is 1. The van der Waals surface area contributed by atoms with Crippen molar-refractivity contribution in [2.45, 2.75) is 11.3 Å². The maximum atomic E-state index is 12.1. The van der Waals surface area contributed by atoms with Crippen LogP contribution in [0.4, 0.5) is 0 Å². The number of nitrogens with zero attached hydrogens (tertiary/aromatic N) is 1. The SMILES string of the molecule is CSc1nc(O)c([C@H]2OC(=O)c3ccccc32)c(=O)[nH]1. The summed E-state index contributed by atoms with van der Waals surface area (Å²) in [5.41, 5.74) is 0.375. The molecule has 102 valence electrons. The molecule has 0 saturated carbocycles. The summed E-state index contributed by atoms with van der Waals surface area (Å²) in [7, 11) is 0. The second-order valence-corrected chi connectivity index (χ2v) is 4.98. The Morgan fingerprint density at radius 1 is 1.35 bits per heavy atom. The number of aromatic nitrogens is 2. The van der Waals surface area contributed by atoms with Crippen LogP contribution < -0.4 is 5.56 Å². The smallest absolute Gasteiger partial charge is 0.339 e. The van der Waals surface area contributed by atoms with Gasteiger partial charge in [-0.25, -0.2) is 4.79 Å². The van der Waals surface area contributed by atoms with Gasteiger partial charge in [0.15, 0.2) is 11.3 Å². The number of carbonyl (C=O) groups excluding carboxylic acids is 1. The van der Waals surface area contributed by atoms with Crippen LogP contribution >= 0.6 is 11.8 Å². The van der Waals surface area contributed by atoms with Crippen LogP contribution in [0.25, 0.3) is 0 Å². The van der Waals surface area contributed by atoms with Crippen LogP contribution in [0.3, 0.4) is 0 Å². The van der Waals surface area contributed by atoms with Gasteiger partial charge in [-0.3, -0.25) is 4.79 Å². The van der Waals surface area contributed by atoms with Crippen molar-refractivity contribution in [2.75, 3.05) is 6.26 Å². The molecule has 1 aromatic carbocycles. The molecular formula is C13H10N2O4S. The number of esters is 1. The van der Waals surface area contributed by atoms with Crippen molar-refractivity contribution < 1.29 is 14.6 Å². The number of hydrogen-bond donors (Lipinski definition) is 2. The van der Waals surface area contributed by atoms with E-state index in [9.17, 15) is 14.7 Å². The molecule has 0 spiro atoms. The van der Waals surface area contributed by atoms with E-state index in [1.165, 1.54) is 11.8 Å². The highest BCUT2D eigenvalue weighted by molar-refractivity contribution is 7.98. The van der Waals surface area contributed by atoms with Gasteiger partial charge in [0.2, 0.25) is 5.88 Å². The van der Waals surface area contributed by atoms with Gasteiger partial charge in [0, 0.05) is 5.56 Å². The fourth-order valence-electron chi connectivity index (χ4n) is 2.14. The van der Waals surface area contributed by atoms with Gasteiger partial charge in [0.05, 0.1) is 5.56 Å². The lowest BCUT2D eigenvalue weighted by Crippen LogP contribution is -2.19. The molecular weight excluding hydrogens is 280 g/mol. The summed E-state index contributed by atoms with van der Waals surface area (Å²) in [5, 5.41) is 10.2. The predicted octanol–water partition coefficient (Wildman–Crippen LogP) is 1.46. The number of benzene rings is 1. The summed E-state index contributed by atoms with van der Waals surface area (Å²) in [6.07, 6.45) is 0.799. The molecule has 1 aliphatic rings. The zero-order chi connectivity index (χ0) is 14.3. The van der Waals surface area contributed by atoms with Gasteiger partial charge < -0.3 is 14.8 Å². The number of rotatable bonds is 2. The number of fused-ring (bicyclic) bond motifs is 1. The first kappa shape index (κ1) is 12.7. The van der Waals surface area contributed by atoms with Crippen LogP contribution in [0.15, 0.2) is 34.2 Å². The number of thioether (sulfide) groups is 1. The summed E-state index contributed by atoms with van der Waals surface area (Å²) in [4.78, 5) is 30.2. The van der Waals surface area contributed by atoms with Gasteiger partial charge >= 0.3 is 5.97 Å². The van der Waals surface area contributed by atoms with Crippen LogP contribution in [0.1, 0.15) is 27.6 Å². The van der Waals surface area contributed by atoms with E-state index >= 15 is 0 Å². The van der Waals surface area contributed by atoms with E-state index in [1.54, 1.807) is 30.5 Å². The molecule has 6 nitrogen and oxygen atoms in total. The van der Waals surface area contributed by atoms with Crippen molar-refractivity contribution in [1.82, 2.24) is 9.97 Å². The van der Waals surface area contributed by atoms with Gasteiger partial charge in [0.1, 0.15) is 5.56 Å². The van der Waals surface area contributed by atoms with Crippen molar-refractivity contribution in [1.29, 1.82) is 0 Å². The van der Waals surface area contributed by atoms with Gasteiger partial charge in [-0.15, -0.1) is 0 Å². The van der Waals surface area contributed by atoms with E-state index in [-0.39, 0.29) is 5.56 Å². The molecule has 2 heterocycles. The van der Waals surface area contributed by atoms with E-state index < -0.39 is 23.5 Å². The van der Waals surface area contributed by atoms with Crippen molar-refractivity contribution in [3.8, 4) is 5.88 Å². The zero-order valence-corrected chi connectivity index (χ0v) is 11.2. The molecule has 0 amide bonds. The molecule has 0 unspecified atom stereocenters. The quantitative estimate of drug-likeness (QED) is 0.494. The first-order valence-corrected chi connectivity index (χ1v) is 7.01.